The minimum Gasteiger partial charge on any atom is -0.482 e. The number of alkyl halides is 3. The molecule has 0 heterocycles. The van der Waals surface area contributed by atoms with Gasteiger partial charge in [0, 0.05) is 0 Å². The van der Waals surface area contributed by atoms with Gasteiger partial charge in [0.1, 0.15) is 11.9 Å². The molecule has 0 aliphatic rings. The Bertz CT molecular complexity index is 559. The summed E-state index contributed by atoms with van der Waals surface area (Å²) < 4.78 is 43.0. The van der Waals surface area contributed by atoms with E-state index in [0.717, 1.165) is 17.7 Å². The van der Waals surface area contributed by atoms with Crippen LogP contribution in [0.1, 0.15) is 17.2 Å². The minimum absolute atomic E-state index is 0.367. The second kappa shape index (κ2) is 5.82. The molecule has 0 aromatic heterocycles. The van der Waals surface area contributed by atoms with E-state index in [9.17, 15) is 13.2 Å². The Hall–Kier alpha value is -2.23. The average Bonchev–Trinajstić information content (AvgIpc) is 2.45. The molecule has 2 aromatic rings. The molecule has 4 heteroatoms. The topological polar surface area (TPSA) is 9.23 Å². The van der Waals surface area contributed by atoms with Gasteiger partial charge in [-0.05, 0) is 35.9 Å². The lowest BCUT2D eigenvalue weighted by atomic mass is 10.1. The molecule has 0 N–H and O–H groups in total. The zero-order valence-corrected chi connectivity index (χ0v) is 10.6. The van der Waals surface area contributed by atoms with Crippen LogP contribution >= 0.6 is 0 Å². The minimum atomic E-state index is -4.34. The van der Waals surface area contributed by atoms with Gasteiger partial charge in [-0.2, -0.15) is 13.2 Å². The quantitative estimate of drug-likeness (QED) is 0.714. The van der Waals surface area contributed by atoms with E-state index in [4.69, 9.17) is 4.74 Å². The summed E-state index contributed by atoms with van der Waals surface area (Å²) in [4.78, 5) is 0. The van der Waals surface area contributed by atoms with Crippen LogP contribution in [0.4, 0.5) is 13.2 Å². The van der Waals surface area contributed by atoms with Gasteiger partial charge >= 0.3 is 6.18 Å². The average molecular weight is 278 g/mol. The zero-order valence-electron chi connectivity index (χ0n) is 10.6. The molecule has 0 radical (unpaired) electrons. The zero-order chi connectivity index (χ0) is 14.6. The van der Waals surface area contributed by atoms with Gasteiger partial charge in [-0.3, -0.25) is 0 Å². The highest BCUT2D eigenvalue weighted by Crippen LogP contribution is 2.31. The smallest absolute Gasteiger partial charge is 0.416 e. The van der Waals surface area contributed by atoms with Crippen LogP contribution in [0, 0.1) is 0 Å². The number of hydrogen-bond acceptors (Lipinski definition) is 1. The summed E-state index contributed by atoms with van der Waals surface area (Å²) >= 11 is 0. The normalized spacial score (nSPS) is 12.8. The van der Waals surface area contributed by atoms with Gasteiger partial charge in [0.2, 0.25) is 0 Å². The van der Waals surface area contributed by atoms with E-state index in [-0.39, 0.29) is 0 Å². The summed E-state index contributed by atoms with van der Waals surface area (Å²) in [7, 11) is 0. The van der Waals surface area contributed by atoms with Crippen LogP contribution in [0.2, 0.25) is 0 Å². The first-order valence-corrected chi connectivity index (χ1v) is 6.02. The molecule has 0 saturated carbocycles. The summed E-state index contributed by atoms with van der Waals surface area (Å²) in [6, 6.07) is 14.0. The molecule has 0 bridgehead atoms. The molecule has 0 aliphatic heterocycles. The highest BCUT2D eigenvalue weighted by Gasteiger charge is 2.30. The number of rotatable bonds is 4. The number of halogens is 3. The summed E-state index contributed by atoms with van der Waals surface area (Å²) in [6.45, 7) is 3.69. The molecular formula is C16H13F3O. The molecule has 2 aromatic carbocycles. The molecule has 0 fully saturated rings. The highest BCUT2D eigenvalue weighted by atomic mass is 19.4. The standard InChI is InChI=1S/C16H13F3O/c1-2-15(12-6-4-3-5-7-12)20-14-10-8-13(9-11-14)16(17,18)19/h2-11,15H,1H2. The monoisotopic (exact) mass is 278 g/mol. The molecule has 20 heavy (non-hydrogen) atoms. The van der Waals surface area contributed by atoms with E-state index in [2.05, 4.69) is 6.58 Å². The van der Waals surface area contributed by atoms with Gasteiger partial charge in [-0.15, -0.1) is 0 Å². The van der Waals surface area contributed by atoms with Crippen molar-refractivity contribution in [3.63, 3.8) is 0 Å². The van der Waals surface area contributed by atoms with Gasteiger partial charge in [0.25, 0.3) is 0 Å². The van der Waals surface area contributed by atoms with Crippen molar-refractivity contribution in [2.45, 2.75) is 12.3 Å². The first-order chi connectivity index (χ1) is 9.50. The van der Waals surface area contributed by atoms with Gasteiger partial charge in [-0.1, -0.05) is 36.9 Å². The van der Waals surface area contributed by atoms with Gasteiger partial charge < -0.3 is 4.74 Å². The molecule has 2 rings (SSSR count). The number of ether oxygens (including phenoxy) is 1. The molecule has 1 atom stereocenters. The van der Waals surface area contributed by atoms with Gasteiger partial charge in [0.15, 0.2) is 0 Å². The Morgan fingerprint density at radius 3 is 2.05 bits per heavy atom. The molecule has 1 nitrogen and oxygen atoms in total. The van der Waals surface area contributed by atoms with E-state index in [1.54, 1.807) is 6.08 Å². The summed E-state index contributed by atoms with van der Waals surface area (Å²) in [6.07, 6.45) is -3.13. The Labute approximate surface area is 115 Å². The Morgan fingerprint density at radius 1 is 0.950 bits per heavy atom. The van der Waals surface area contributed by atoms with Crippen molar-refractivity contribution in [2.24, 2.45) is 0 Å². The lowest BCUT2D eigenvalue weighted by molar-refractivity contribution is -0.137. The van der Waals surface area contributed by atoms with Crippen LogP contribution in [-0.2, 0) is 6.18 Å². The van der Waals surface area contributed by atoms with E-state index >= 15 is 0 Å². The number of hydrogen-bond donors (Lipinski definition) is 0. The molecular weight excluding hydrogens is 265 g/mol. The predicted molar refractivity (Wildman–Crippen MR) is 71.5 cm³/mol. The predicted octanol–water partition coefficient (Wildman–Crippen LogP) is 5.01. The second-order valence-corrected chi connectivity index (χ2v) is 4.21. The van der Waals surface area contributed by atoms with Crippen molar-refractivity contribution < 1.29 is 17.9 Å². The van der Waals surface area contributed by atoms with Crippen LogP contribution in [0.25, 0.3) is 0 Å². The van der Waals surface area contributed by atoms with E-state index in [1.807, 2.05) is 30.3 Å². The molecule has 0 saturated heterocycles. The Kier molecular flexibility index (Phi) is 4.13. The van der Waals surface area contributed by atoms with Crippen molar-refractivity contribution in [1.82, 2.24) is 0 Å². The largest absolute Gasteiger partial charge is 0.482 e. The van der Waals surface area contributed by atoms with Gasteiger partial charge in [-0.25, -0.2) is 0 Å². The lowest BCUT2D eigenvalue weighted by Gasteiger charge is -2.16. The third kappa shape index (κ3) is 3.41. The fourth-order valence-electron chi connectivity index (χ4n) is 1.76. The van der Waals surface area contributed by atoms with E-state index in [0.29, 0.717) is 5.75 Å². The van der Waals surface area contributed by atoms with Gasteiger partial charge in [0.05, 0.1) is 5.56 Å². The van der Waals surface area contributed by atoms with Crippen molar-refractivity contribution in [3.05, 3.63) is 78.4 Å². The Balaban J connectivity index is 2.15. The molecule has 104 valence electrons. The second-order valence-electron chi connectivity index (χ2n) is 4.21. The first-order valence-electron chi connectivity index (χ1n) is 6.02. The van der Waals surface area contributed by atoms with E-state index in [1.165, 1.54) is 12.1 Å². The third-order valence-corrected chi connectivity index (χ3v) is 2.79. The van der Waals surface area contributed by atoms with Crippen molar-refractivity contribution in [3.8, 4) is 5.75 Å². The maximum atomic E-state index is 12.5. The summed E-state index contributed by atoms with van der Waals surface area (Å²) in [5.74, 6) is 0.367. The summed E-state index contributed by atoms with van der Waals surface area (Å²) in [5, 5.41) is 0. The Morgan fingerprint density at radius 2 is 1.55 bits per heavy atom. The molecule has 0 amide bonds. The van der Waals surface area contributed by atoms with Crippen LogP contribution in [0.5, 0.6) is 5.75 Å². The lowest BCUT2D eigenvalue weighted by Crippen LogP contribution is -2.06. The summed E-state index contributed by atoms with van der Waals surface area (Å²) in [5.41, 5.74) is 0.196. The maximum Gasteiger partial charge on any atom is 0.416 e. The van der Waals surface area contributed by atoms with Crippen LogP contribution in [0.15, 0.2) is 67.3 Å². The van der Waals surface area contributed by atoms with Crippen molar-refractivity contribution in [2.75, 3.05) is 0 Å². The third-order valence-electron chi connectivity index (χ3n) is 2.79. The fraction of sp³-hybridized carbons (Fsp3) is 0.125. The van der Waals surface area contributed by atoms with Crippen molar-refractivity contribution in [1.29, 1.82) is 0 Å². The van der Waals surface area contributed by atoms with Crippen LogP contribution in [0.3, 0.4) is 0 Å². The fourth-order valence-corrected chi connectivity index (χ4v) is 1.76. The highest BCUT2D eigenvalue weighted by molar-refractivity contribution is 5.31. The molecule has 0 spiro atoms. The van der Waals surface area contributed by atoms with Crippen LogP contribution in [-0.4, -0.2) is 0 Å². The molecule has 0 aliphatic carbocycles. The van der Waals surface area contributed by atoms with E-state index < -0.39 is 17.8 Å². The first kappa shape index (κ1) is 14.2. The van der Waals surface area contributed by atoms with Crippen LogP contribution < -0.4 is 4.74 Å². The molecule has 1 unspecified atom stereocenters. The van der Waals surface area contributed by atoms with Crippen molar-refractivity contribution >= 4 is 0 Å². The number of benzene rings is 2. The SMILES string of the molecule is C=CC(Oc1ccc(C(F)(F)F)cc1)c1ccccc1. The maximum absolute atomic E-state index is 12.5.